The van der Waals surface area contributed by atoms with Gasteiger partial charge in [-0.05, 0) is 61.4 Å². The lowest BCUT2D eigenvalue weighted by molar-refractivity contribution is 0.0601. The molecule has 2 aromatic rings. The van der Waals surface area contributed by atoms with Crippen molar-refractivity contribution in [3.05, 3.63) is 75.9 Å². The molecule has 4 rings (SSSR count). The molecule has 3 unspecified atom stereocenters. The highest BCUT2D eigenvalue weighted by Crippen LogP contribution is 2.51. The maximum absolute atomic E-state index is 12.3. The van der Waals surface area contributed by atoms with Gasteiger partial charge in [-0.2, -0.15) is 0 Å². The molecule has 134 valence electrons. The van der Waals surface area contributed by atoms with Crippen LogP contribution in [0.1, 0.15) is 56.6 Å². The van der Waals surface area contributed by atoms with Crippen LogP contribution >= 0.6 is 0 Å². The molecule has 0 bridgehead atoms. The summed E-state index contributed by atoms with van der Waals surface area (Å²) in [5.74, 6) is 0.516. The highest BCUT2D eigenvalue weighted by atomic mass is 16.5. The van der Waals surface area contributed by atoms with E-state index in [-0.39, 0.29) is 12.0 Å². The van der Waals surface area contributed by atoms with Crippen molar-refractivity contribution in [1.29, 1.82) is 0 Å². The number of para-hydroxylation sites is 1. The third-order valence-corrected chi connectivity index (χ3v) is 5.85. The van der Waals surface area contributed by atoms with E-state index in [0.29, 0.717) is 17.4 Å². The first-order chi connectivity index (χ1) is 12.5. The molecule has 0 aromatic heterocycles. The van der Waals surface area contributed by atoms with Gasteiger partial charge in [-0.15, -0.1) is 0 Å². The number of methoxy groups -OCH3 is 1. The van der Waals surface area contributed by atoms with Gasteiger partial charge in [0.25, 0.3) is 0 Å². The minimum absolute atomic E-state index is 0.189. The zero-order valence-corrected chi connectivity index (χ0v) is 15.8. The predicted molar refractivity (Wildman–Crippen MR) is 105 cm³/mol. The van der Waals surface area contributed by atoms with E-state index in [4.69, 9.17) is 4.74 Å². The molecule has 2 aliphatic rings. The number of anilines is 1. The summed E-state index contributed by atoms with van der Waals surface area (Å²) in [7, 11) is 1.44. The summed E-state index contributed by atoms with van der Waals surface area (Å²) in [6, 6.07) is 10.6. The van der Waals surface area contributed by atoms with Crippen molar-refractivity contribution >= 4 is 11.7 Å². The van der Waals surface area contributed by atoms with E-state index in [1.165, 1.54) is 34.9 Å². The number of esters is 1. The lowest BCUT2D eigenvalue weighted by Crippen LogP contribution is -2.31. The van der Waals surface area contributed by atoms with Crippen molar-refractivity contribution in [1.82, 2.24) is 0 Å². The Morgan fingerprint density at radius 3 is 2.58 bits per heavy atom. The Balaban J connectivity index is 1.88. The van der Waals surface area contributed by atoms with Gasteiger partial charge < -0.3 is 10.1 Å². The molecule has 2 aromatic carbocycles. The second kappa shape index (κ2) is 6.31. The van der Waals surface area contributed by atoms with Gasteiger partial charge >= 0.3 is 5.97 Å². The van der Waals surface area contributed by atoms with E-state index in [2.05, 4.69) is 56.4 Å². The lowest BCUT2D eigenvalue weighted by Gasteiger charge is -2.39. The quantitative estimate of drug-likeness (QED) is 0.597. The summed E-state index contributed by atoms with van der Waals surface area (Å²) in [5.41, 5.74) is 8.02. The summed E-state index contributed by atoms with van der Waals surface area (Å²) in [6.07, 6.45) is 5.64. The van der Waals surface area contributed by atoms with Crippen molar-refractivity contribution in [3.63, 3.8) is 0 Å². The Kier molecular flexibility index (Phi) is 4.10. The van der Waals surface area contributed by atoms with Crippen LogP contribution in [-0.2, 0) is 4.74 Å². The van der Waals surface area contributed by atoms with E-state index in [1.54, 1.807) is 0 Å². The van der Waals surface area contributed by atoms with Gasteiger partial charge in [0.1, 0.15) is 0 Å². The van der Waals surface area contributed by atoms with Crippen LogP contribution in [0.3, 0.4) is 0 Å². The SMILES string of the molecule is COC(=O)c1cccc2c1NC(c1c(C)cc(C)cc1C)C1CC=CC21. The number of allylic oxidation sites excluding steroid dienone is 2. The van der Waals surface area contributed by atoms with Crippen molar-refractivity contribution in [3.8, 4) is 0 Å². The van der Waals surface area contributed by atoms with Crippen LogP contribution in [0.15, 0.2) is 42.5 Å². The standard InChI is InChI=1S/C23H25NO2/c1-13-11-14(2)20(15(3)12-13)22-18-9-5-7-16(18)17-8-6-10-19(21(17)24-22)23(25)26-4/h5-8,10-12,16,18,22,24H,9H2,1-4H3. The molecule has 1 N–H and O–H groups in total. The molecule has 1 heterocycles. The number of benzene rings is 2. The minimum atomic E-state index is -0.286. The molecule has 26 heavy (non-hydrogen) atoms. The van der Waals surface area contributed by atoms with Crippen LogP contribution in [0.4, 0.5) is 5.69 Å². The Labute approximate surface area is 155 Å². The molecule has 0 saturated heterocycles. The number of hydrogen-bond acceptors (Lipinski definition) is 3. The molecule has 0 radical (unpaired) electrons. The number of carbonyl (C=O) groups excluding carboxylic acids is 1. The largest absolute Gasteiger partial charge is 0.465 e. The second-order valence-corrected chi connectivity index (χ2v) is 7.55. The molecule has 0 amide bonds. The van der Waals surface area contributed by atoms with Crippen LogP contribution in [0, 0.1) is 26.7 Å². The fraction of sp³-hybridized carbons (Fsp3) is 0.348. The van der Waals surface area contributed by atoms with Crippen molar-refractivity contribution in [2.75, 3.05) is 12.4 Å². The summed E-state index contributed by atoms with van der Waals surface area (Å²) < 4.78 is 5.02. The lowest BCUT2D eigenvalue weighted by atomic mass is 9.74. The van der Waals surface area contributed by atoms with Crippen LogP contribution in [0.2, 0.25) is 0 Å². The van der Waals surface area contributed by atoms with Gasteiger partial charge in [-0.25, -0.2) is 4.79 Å². The average Bonchev–Trinajstić information content (AvgIpc) is 3.10. The first kappa shape index (κ1) is 16.9. The molecule has 1 aliphatic carbocycles. The van der Waals surface area contributed by atoms with Gasteiger partial charge in [-0.1, -0.05) is 42.0 Å². The highest BCUT2D eigenvalue weighted by Gasteiger charge is 2.40. The number of carbonyl (C=O) groups is 1. The first-order valence-electron chi connectivity index (χ1n) is 9.23. The molecule has 0 fully saturated rings. The van der Waals surface area contributed by atoms with E-state index in [1.807, 2.05) is 12.1 Å². The molecular formula is C23H25NO2. The third kappa shape index (κ3) is 2.54. The Bertz CT molecular complexity index is 889. The topological polar surface area (TPSA) is 38.3 Å². The third-order valence-electron chi connectivity index (χ3n) is 5.85. The van der Waals surface area contributed by atoms with Crippen molar-refractivity contribution < 1.29 is 9.53 Å². The maximum atomic E-state index is 12.3. The number of fused-ring (bicyclic) bond motifs is 3. The summed E-state index contributed by atoms with van der Waals surface area (Å²) in [5, 5.41) is 3.73. The van der Waals surface area contributed by atoms with E-state index in [9.17, 15) is 4.79 Å². The smallest absolute Gasteiger partial charge is 0.339 e. The van der Waals surface area contributed by atoms with Gasteiger partial charge in [-0.3, -0.25) is 0 Å². The number of ether oxygens (including phenoxy) is 1. The Morgan fingerprint density at radius 2 is 1.88 bits per heavy atom. The van der Waals surface area contributed by atoms with Gasteiger partial charge in [0, 0.05) is 5.92 Å². The average molecular weight is 347 g/mol. The second-order valence-electron chi connectivity index (χ2n) is 7.55. The zero-order valence-electron chi connectivity index (χ0n) is 15.8. The van der Waals surface area contributed by atoms with Gasteiger partial charge in [0.2, 0.25) is 0 Å². The summed E-state index contributed by atoms with van der Waals surface area (Å²) in [6.45, 7) is 6.52. The van der Waals surface area contributed by atoms with E-state index >= 15 is 0 Å². The van der Waals surface area contributed by atoms with Crippen molar-refractivity contribution in [2.24, 2.45) is 5.92 Å². The fourth-order valence-corrected chi connectivity index (χ4v) is 4.87. The van der Waals surface area contributed by atoms with Crippen LogP contribution in [0.5, 0.6) is 0 Å². The zero-order chi connectivity index (χ0) is 18.4. The molecule has 0 saturated carbocycles. The molecular weight excluding hydrogens is 322 g/mol. The number of hydrogen-bond donors (Lipinski definition) is 1. The van der Waals surface area contributed by atoms with Crippen LogP contribution < -0.4 is 5.32 Å². The normalized spacial score (nSPS) is 23.2. The van der Waals surface area contributed by atoms with Crippen LogP contribution in [-0.4, -0.2) is 13.1 Å². The maximum Gasteiger partial charge on any atom is 0.339 e. The van der Waals surface area contributed by atoms with E-state index < -0.39 is 0 Å². The summed E-state index contributed by atoms with van der Waals surface area (Å²) >= 11 is 0. The molecule has 3 nitrogen and oxygen atoms in total. The number of nitrogens with one attached hydrogen (secondary N) is 1. The number of aryl methyl sites for hydroxylation is 3. The highest BCUT2D eigenvalue weighted by molar-refractivity contribution is 5.97. The van der Waals surface area contributed by atoms with Crippen molar-refractivity contribution in [2.45, 2.75) is 39.2 Å². The fourth-order valence-electron chi connectivity index (χ4n) is 4.87. The van der Waals surface area contributed by atoms with Gasteiger partial charge in [0.15, 0.2) is 0 Å². The van der Waals surface area contributed by atoms with E-state index in [0.717, 1.165) is 12.1 Å². The molecule has 0 spiro atoms. The Morgan fingerprint density at radius 1 is 1.15 bits per heavy atom. The summed E-state index contributed by atoms with van der Waals surface area (Å²) in [4.78, 5) is 12.3. The van der Waals surface area contributed by atoms with Crippen LogP contribution in [0.25, 0.3) is 0 Å². The first-order valence-corrected chi connectivity index (χ1v) is 9.23. The number of rotatable bonds is 2. The minimum Gasteiger partial charge on any atom is -0.465 e. The monoisotopic (exact) mass is 347 g/mol. The molecule has 1 aliphatic heterocycles. The molecule has 3 heteroatoms. The Hall–Kier alpha value is -2.55. The van der Waals surface area contributed by atoms with Gasteiger partial charge in [0.05, 0.1) is 24.4 Å². The predicted octanol–water partition coefficient (Wildman–Crippen LogP) is 5.22. The molecule has 3 atom stereocenters.